The molecule has 0 heterocycles. The molecule has 0 aromatic rings. The minimum atomic E-state index is 0.738. The second-order valence-electron chi connectivity index (χ2n) is 3.87. The van der Waals surface area contributed by atoms with Gasteiger partial charge in [-0.15, -0.1) is 0 Å². The van der Waals surface area contributed by atoms with Crippen molar-refractivity contribution in [3.05, 3.63) is 24.3 Å². The Bertz CT molecular complexity index is 163. The van der Waals surface area contributed by atoms with Crippen LogP contribution in [0.5, 0.6) is 0 Å². The average Bonchev–Trinajstić information content (AvgIpc) is 2.59. The minimum Gasteiger partial charge on any atom is -0.0992 e. The van der Waals surface area contributed by atoms with E-state index >= 15 is 0 Å². The molecule has 0 nitrogen and oxygen atoms in total. The fourth-order valence-electron chi connectivity index (χ4n) is 1.12. The fourth-order valence-corrected chi connectivity index (χ4v) is 1.12. The van der Waals surface area contributed by atoms with Crippen LogP contribution in [0.1, 0.15) is 33.1 Å². The maximum Gasteiger partial charge on any atom is 0.00117 e. The highest BCUT2D eigenvalue weighted by atomic mass is 14.3. The van der Waals surface area contributed by atoms with E-state index in [4.69, 9.17) is 0 Å². The van der Waals surface area contributed by atoms with Gasteiger partial charge in [0.15, 0.2) is 0 Å². The summed E-state index contributed by atoms with van der Waals surface area (Å²) in [6, 6.07) is 0. The Kier molecular flexibility index (Phi) is 2.92. The van der Waals surface area contributed by atoms with E-state index in [1.165, 1.54) is 24.8 Å². The summed E-state index contributed by atoms with van der Waals surface area (Å²) in [6.07, 6.45) is 8.41. The summed E-state index contributed by atoms with van der Waals surface area (Å²) in [5.74, 6) is 1.57. The molecule has 0 bridgehead atoms. The molecule has 0 heteroatoms. The smallest absolute Gasteiger partial charge is 0.00117 e. The first kappa shape index (κ1) is 8.58. The summed E-state index contributed by atoms with van der Waals surface area (Å²) < 4.78 is 0. The van der Waals surface area contributed by atoms with Gasteiger partial charge < -0.3 is 0 Å². The molecule has 1 aliphatic rings. The lowest BCUT2D eigenvalue weighted by atomic mass is 10.1. The highest BCUT2D eigenvalue weighted by Gasteiger charge is 2.23. The topological polar surface area (TPSA) is 0 Å². The van der Waals surface area contributed by atoms with Crippen LogP contribution in [-0.4, -0.2) is 0 Å². The second-order valence-corrected chi connectivity index (χ2v) is 3.87. The molecular formula is C11H18. The van der Waals surface area contributed by atoms with Crippen LogP contribution in [0.2, 0.25) is 0 Å². The van der Waals surface area contributed by atoms with Gasteiger partial charge in [-0.05, 0) is 25.2 Å². The quantitative estimate of drug-likeness (QED) is 0.537. The van der Waals surface area contributed by atoms with Crippen LogP contribution >= 0.6 is 0 Å². The molecule has 0 aromatic carbocycles. The third-order valence-corrected chi connectivity index (χ3v) is 2.13. The predicted molar refractivity (Wildman–Crippen MR) is 50.5 cm³/mol. The average molecular weight is 150 g/mol. The zero-order valence-electron chi connectivity index (χ0n) is 7.64. The van der Waals surface area contributed by atoms with E-state index in [1.54, 1.807) is 0 Å². The van der Waals surface area contributed by atoms with E-state index < -0.39 is 0 Å². The Hall–Kier alpha value is -0.520. The van der Waals surface area contributed by atoms with E-state index in [9.17, 15) is 0 Å². The van der Waals surface area contributed by atoms with E-state index in [1.807, 2.05) is 0 Å². The Labute approximate surface area is 70.0 Å². The van der Waals surface area contributed by atoms with Crippen molar-refractivity contribution in [1.29, 1.82) is 0 Å². The summed E-state index contributed by atoms with van der Waals surface area (Å²) in [6.45, 7) is 8.45. The van der Waals surface area contributed by atoms with Crippen LogP contribution in [0.25, 0.3) is 0 Å². The van der Waals surface area contributed by atoms with Crippen molar-refractivity contribution in [1.82, 2.24) is 0 Å². The fraction of sp³-hybridized carbons (Fsp3) is 0.636. The maximum atomic E-state index is 3.91. The highest BCUT2D eigenvalue weighted by Crippen LogP contribution is 2.36. The molecule has 0 spiro atoms. The summed E-state index contributed by atoms with van der Waals surface area (Å²) in [4.78, 5) is 0. The molecule has 62 valence electrons. The van der Waals surface area contributed by atoms with Crippen LogP contribution < -0.4 is 0 Å². The zero-order valence-corrected chi connectivity index (χ0v) is 7.64. The van der Waals surface area contributed by atoms with Gasteiger partial charge in [0.25, 0.3) is 0 Å². The van der Waals surface area contributed by atoms with Crippen molar-refractivity contribution < 1.29 is 0 Å². The van der Waals surface area contributed by atoms with Crippen LogP contribution in [-0.2, 0) is 0 Å². The molecular weight excluding hydrogens is 132 g/mol. The lowest BCUT2D eigenvalue weighted by molar-refractivity contribution is 0.594. The van der Waals surface area contributed by atoms with Gasteiger partial charge in [-0.1, -0.05) is 38.2 Å². The Balaban J connectivity index is 2.02. The molecule has 1 unspecified atom stereocenters. The van der Waals surface area contributed by atoms with Gasteiger partial charge >= 0.3 is 0 Å². The highest BCUT2D eigenvalue weighted by molar-refractivity contribution is 5.25. The SMILES string of the molecule is C=C1CC1C=CCCC(C)C. The number of rotatable bonds is 4. The molecule has 0 N–H and O–H groups in total. The number of hydrogen-bond donors (Lipinski definition) is 0. The van der Waals surface area contributed by atoms with Crippen LogP contribution in [0.15, 0.2) is 24.3 Å². The molecule has 0 radical (unpaired) electrons. The summed E-state index contributed by atoms with van der Waals surface area (Å²) in [5.41, 5.74) is 1.41. The number of allylic oxidation sites excluding steroid dienone is 3. The van der Waals surface area contributed by atoms with Crippen molar-refractivity contribution in [3.63, 3.8) is 0 Å². The first-order valence-corrected chi connectivity index (χ1v) is 4.54. The third kappa shape index (κ3) is 3.41. The van der Waals surface area contributed by atoms with Gasteiger partial charge in [-0.3, -0.25) is 0 Å². The number of hydrogen-bond acceptors (Lipinski definition) is 0. The van der Waals surface area contributed by atoms with Crippen LogP contribution in [0.4, 0.5) is 0 Å². The molecule has 0 amide bonds. The summed E-state index contributed by atoms with van der Waals surface area (Å²) in [7, 11) is 0. The Morgan fingerprint density at radius 1 is 1.64 bits per heavy atom. The molecule has 0 aromatic heterocycles. The first-order valence-electron chi connectivity index (χ1n) is 4.54. The Morgan fingerprint density at radius 3 is 2.73 bits per heavy atom. The largest absolute Gasteiger partial charge is 0.0992 e. The molecule has 1 fully saturated rings. The molecule has 1 aliphatic carbocycles. The second kappa shape index (κ2) is 3.75. The van der Waals surface area contributed by atoms with Crippen molar-refractivity contribution in [2.45, 2.75) is 33.1 Å². The van der Waals surface area contributed by atoms with Gasteiger partial charge in [0.2, 0.25) is 0 Å². The summed E-state index contributed by atoms with van der Waals surface area (Å²) >= 11 is 0. The van der Waals surface area contributed by atoms with E-state index in [2.05, 4.69) is 32.6 Å². The lowest BCUT2D eigenvalue weighted by Gasteiger charge is -1.98. The van der Waals surface area contributed by atoms with Crippen LogP contribution in [0.3, 0.4) is 0 Å². The molecule has 0 saturated heterocycles. The molecule has 1 saturated carbocycles. The van der Waals surface area contributed by atoms with Gasteiger partial charge in [-0.2, -0.15) is 0 Å². The van der Waals surface area contributed by atoms with Crippen molar-refractivity contribution >= 4 is 0 Å². The van der Waals surface area contributed by atoms with Gasteiger partial charge in [0.05, 0.1) is 0 Å². The van der Waals surface area contributed by atoms with E-state index in [0.717, 1.165) is 11.8 Å². The molecule has 1 atom stereocenters. The summed E-state index contributed by atoms with van der Waals surface area (Å²) in [5, 5.41) is 0. The molecule has 11 heavy (non-hydrogen) atoms. The minimum absolute atomic E-state index is 0.738. The zero-order chi connectivity index (χ0) is 8.27. The van der Waals surface area contributed by atoms with E-state index in [0.29, 0.717) is 0 Å². The third-order valence-electron chi connectivity index (χ3n) is 2.13. The monoisotopic (exact) mass is 150 g/mol. The lowest BCUT2D eigenvalue weighted by Crippen LogP contribution is -1.83. The normalized spacial score (nSPS) is 23.5. The van der Waals surface area contributed by atoms with Crippen molar-refractivity contribution in [2.24, 2.45) is 11.8 Å². The molecule has 0 aliphatic heterocycles. The van der Waals surface area contributed by atoms with Crippen molar-refractivity contribution in [3.8, 4) is 0 Å². The Morgan fingerprint density at radius 2 is 2.27 bits per heavy atom. The van der Waals surface area contributed by atoms with Gasteiger partial charge in [-0.25, -0.2) is 0 Å². The van der Waals surface area contributed by atoms with Crippen molar-refractivity contribution in [2.75, 3.05) is 0 Å². The van der Waals surface area contributed by atoms with Crippen LogP contribution in [0, 0.1) is 11.8 Å². The first-order chi connectivity index (χ1) is 5.20. The molecule has 1 rings (SSSR count). The van der Waals surface area contributed by atoms with Gasteiger partial charge in [0, 0.05) is 5.92 Å². The van der Waals surface area contributed by atoms with E-state index in [-0.39, 0.29) is 0 Å². The predicted octanol–water partition coefficient (Wildman–Crippen LogP) is 3.55. The van der Waals surface area contributed by atoms with Gasteiger partial charge in [0.1, 0.15) is 0 Å². The standard InChI is InChI=1S/C11H18/c1-9(2)6-4-5-7-11-8-10(11)3/h5,7,9,11H,3-4,6,8H2,1-2H3. The maximum absolute atomic E-state index is 3.91.